The van der Waals surface area contributed by atoms with Gasteiger partial charge in [-0.25, -0.2) is 4.79 Å². The lowest BCUT2D eigenvalue weighted by Crippen LogP contribution is -2.37. The molecule has 0 heterocycles. The number of hydrogen-bond acceptors (Lipinski definition) is 4. The quantitative estimate of drug-likeness (QED) is 0.723. The van der Waals surface area contributed by atoms with E-state index in [0.717, 1.165) is 11.8 Å². The van der Waals surface area contributed by atoms with Crippen LogP contribution in [0.25, 0.3) is 0 Å². The Balaban J connectivity index is 3.75. The molecule has 0 aromatic heterocycles. The number of nitrogens with one attached hydrogen (secondary N) is 1. The van der Waals surface area contributed by atoms with Gasteiger partial charge in [0.15, 0.2) is 0 Å². The molecule has 0 aromatic carbocycles. The third-order valence-corrected chi connectivity index (χ3v) is 1.92. The summed E-state index contributed by atoms with van der Waals surface area (Å²) in [7, 11) is 0. The van der Waals surface area contributed by atoms with Gasteiger partial charge in [-0.1, -0.05) is 11.8 Å². The molecule has 0 aromatic rings. The van der Waals surface area contributed by atoms with Gasteiger partial charge in [-0.15, -0.1) is 0 Å². The van der Waals surface area contributed by atoms with Crippen LogP contribution in [0.1, 0.15) is 13.8 Å². The van der Waals surface area contributed by atoms with E-state index in [4.69, 9.17) is 0 Å². The third-order valence-electron chi connectivity index (χ3n) is 1.16. The van der Waals surface area contributed by atoms with Crippen LogP contribution in [-0.2, 0) is 9.53 Å². The van der Waals surface area contributed by atoms with E-state index in [2.05, 4.69) is 10.1 Å². The first-order valence-corrected chi connectivity index (χ1v) is 4.85. The van der Waals surface area contributed by atoms with Crippen molar-refractivity contribution >= 4 is 23.0 Å². The van der Waals surface area contributed by atoms with Gasteiger partial charge in [-0.2, -0.15) is 0 Å². The summed E-state index contributed by atoms with van der Waals surface area (Å²) in [5.41, 5.74) is 0. The molecule has 0 saturated carbocycles. The molecule has 1 N–H and O–H groups in total. The predicted octanol–water partition coefficient (Wildman–Crippen LogP) is 1.01. The Hall–Kier alpha value is -0.710. The molecule has 0 bridgehead atoms. The summed E-state index contributed by atoms with van der Waals surface area (Å²) in [4.78, 5) is 21.7. The average molecular weight is 191 g/mol. The Labute approximate surface area is 76.0 Å². The van der Waals surface area contributed by atoms with Crippen molar-refractivity contribution in [3.05, 3.63) is 0 Å². The van der Waals surface area contributed by atoms with Crippen molar-refractivity contribution in [2.75, 3.05) is 12.9 Å². The minimum absolute atomic E-state index is 0.0805. The molecule has 5 heteroatoms. The van der Waals surface area contributed by atoms with E-state index >= 15 is 0 Å². The van der Waals surface area contributed by atoms with Gasteiger partial charge >= 0.3 is 6.09 Å². The summed E-state index contributed by atoms with van der Waals surface area (Å²) in [6.07, 6.45) is 1.12. The van der Waals surface area contributed by atoms with Crippen molar-refractivity contribution in [2.24, 2.45) is 0 Å². The molecular formula is C7H13NO3S. The van der Waals surface area contributed by atoms with Crippen LogP contribution >= 0.6 is 11.8 Å². The van der Waals surface area contributed by atoms with E-state index in [9.17, 15) is 9.59 Å². The van der Waals surface area contributed by atoms with Gasteiger partial charge in [0.25, 0.3) is 0 Å². The number of rotatable bonds is 3. The van der Waals surface area contributed by atoms with E-state index in [-0.39, 0.29) is 5.12 Å². The van der Waals surface area contributed by atoms with Gasteiger partial charge in [0.05, 0.1) is 12.6 Å². The highest BCUT2D eigenvalue weighted by atomic mass is 32.2. The van der Waals surface area contributed by atoms with Gasteiger partial charge in [0.2, 0.25) is 5.12 Å². The Morgan fingerprint density at radius 2 is 2.17 bits per heavy atom. The summed E-state index contributed by atoms with van der Waals surface area (Å²) in [6, 6.07) is -0.487. The van der Waals surface area contributed by atoms with Crippen LogP contribution in [0.15, 0.2) is 0 Å². The van der Waals surface area contributed by atoms with Gasteiger partial charge in [0.1, 0.15) is 0 Å². The van der Waals surface area contributed by atoms with Crippen LogP contribution in [0.4, 0.5) is 4.79 Å². The topological polar surface area (TPSA) is 55.4 Å². The second-order valence-corrected chi connectivity index (χ2v) is 2.92. The molecule has 4 nitrogen and oxygen atoms in total. The van der Waals surface area contributed by atoms with Crippen LogP contribution < -0.4 is 5.32 Å². The van der Waals surface area contributed by atoms with E-state index < -0.39 is 12.1 Å². The molecule has 0 saturated heterocycles. The molecule has 0 spiro atoms. The van der Waals surface area contributed by atoms with Crippen molar-refractivity contribution in [1.82, 2.24) is 5.32 Å². The average Bonchev–Trinajstić information content (AvgIpc) is 2.03. The zero-order valence-corrected chi connectivity index (χ0v) is 8.23. The SMILES string of the molecule is CCOC(=O)NC(C)C(=O)SC. The van der Waals surface area contributed by atoms with Crippen LogP contribution in [0, 0.1) is 0 Å². The van der Waals surface area contributed by atoms with Crippen molar-refractivity contribution in [3.63, 3.8) is 0 Å². The number of carbonyl (C=O) groups is 2. The van der Waals surface area contributed by atoms with E-state index in [1.54, 1.807) is 20.1 Å². The lowest BCUT2D eigenvalue weighted by Gasteiger charge is -2.10. The summed E-state index contributed by atoms with van der Waals surface area (Å²) < 4.78 is 4.60. The first-order chi connectivity index (χ1) is 5.61. The van der Waals surface area contributed by atoms with Gasteiger partial charge in [-0.3, -0.25) is 4.79 Å². The monoisotopic (exact) mass is 191 g/mol. The zero-order chi connectivity index (χ0) is 9.56. The lowest BCUT2D eigenvalue weighted by atomic mass is 10.4. The van der Waals surface area contributed by atoms with Gasteiger partial charge in [-0.05, 0) is 20.1 Å². The molecule has 0 aliphatic rings. The number of amides is 1. The molecule has 0 fully saturated rings. The molecule has 0 radical (unpaired) electrons. The summed E-state index contributed by atoms with van der Waals surface area (Å²) in [5.74, 6) is 0. The maximum atomic E-state index is 10.9. The Bertz CT molecular complexity index is 172. The fourth-order valence-corrected chi connectivity index (χ4v) is 0.998. The Kier molecular flexibility index (Phi) is 5.53. The highest BCUT2D eigenvalue weighted by Crippen LogP contribution is 1.99. The number of alkyl carbamates (subject to hydrolysis) is 1. The number of ether oxygens (including phenoxy) is 1. The second kappa shape index (κ2) is 5.88. The van der Waals surface area contributed by atoms with E-state index in [1.165, 1.54) is 0 Å². The number of carbonyl (C=O) groups excluding carboxylic acids is 2. The largest absolute Gasteiger partial charge is 0.450 e. The zero-order valence-electron chi connectivity index (χ0n) is 7.42. The lowest BCUT2D eigenvalue weighted by molar-refractivity contribution is -0.112. The van der Waals surface area contributed by atoms with Gasteiger partial charge < -0.3 is 10.1 Å². The molecule has 70 valence electrons. The molecule has 1 amide bonds. The smallest absolute Gasteiger partial charge is 0.407 e. The minimum atomic E-state index is -0.549. The molecule has 12 heavy (non-hydrogen) atoms. The van der Waals surface area contributed by atoms with Gasteiger partial charge in [0, 0.05) is 0 Å². The molecular weight excluding hydrogens is 178 g/mol. The van der Waals surface area contributed by atoms with E-state index in [1.807, 2.05) is 0 Å². The van der Waals surface area contributed by atoms with Crippen molar-refractivity contribution < 1.29 is 14.3 Å². The first-order valence-electron chi connectivity index (χ1n) is 3.63. The Morgan fingerprint density at radius 3 is 2.58 bits per heavy atom. The van der Waals surface area contributed by atoms with E-state index in [0.29, 0.717) is 6.61 Å². The number of thioether (sulfide) groups is 1. The van der Waals surface area contributed by atoms with Crippen LogP contribution in [-0.4, -0.2) is 30.1 Å². The number of hydrogen-bond donors (Lipinski definition) is 1. The molecule has 1 atom stereocenters. The maximum absolute atomic E-state index is 10.9. The normalized spacial score (nSPS) is 11.9. The fraction of sp³-hybridized carbons (Fsp3) is 0.714. The third kappa shape index (κ3) is 4.23. The fourth-order valence-electron chi connectivity index (χ4n) is 0.585. The van der Waals surface area contributed by atoms with Crippen LogP contribution in [0.2, 0.25) is 0 Å². The standard InChI is InChI=1S/C7H13NO3S/c1-4-11-7(10)8-5(2)6(9)12-3/h5H,4H2,1-3H3,(H,8,10). The highest BCUT2D eigenvalue weighted by molar-refractivity contribution is 8.13. The van der Waals surface area contributed by atoms with Crippen molar-refractivity contribution in [3.8, 4) is 0 Å². The second-order valence-electron chi connectivity index (χ2n) is 2.11. The summed E-state index contributed by atoms with van der Waals surface area (Å²) in [5, 5.41) is 2.32. The highest BCUT2D eigenvalue weighted by Gasteiger charge is 2.14. The summed E-state index contributed by atoms with van der Waals surface area (Å²) >= 11 is 1.08. The summed E-state index contributed by atoms with van der Waals surface area (Å²) in [6.45, 7) is 3.64. The Morgan fingerprint density at radius 1 is 1.58 bits per heavy atom. The van der Waals surface area contributed by atoms with Crippen LogP contribution in [0.5, 0.6) is 0 Å². The minimum Gasteiger partial charge on any atom is -0.450 e. The molecule has 1 unspecified atom stereocenters. The first kappa shape index (κ1) is 11.3. The van der Waals surface area contributed by atoms with Crippen LogP contribution in [0.3, 0.4) is 0 Å². The predicted molar refractivity (Wildman–Crippen MR) is 48.1 cm³/mol. The molecule has 0 aliphatic heterocycles. The molecule has 0 rings (SSSR count). The maximum Gasteiger partial charge on any atom is 0.407 e. The van der Waals surface area contributed by atoms with Crippen molar-refractivity contribution in [2.45, 2.75) is 19.9 Å². The van der Waals surface area contributed by atoms with Crippen molar-refractivity contribution in [1.29, 1.82) is 0 Å². The molecule has 0 aliphatic carbocycles.